The van der Waals surface area contributed by atoms with Gasteiger partial charge in [-0.1, -0.05) is 19.9 Å². The van der Waals surface area contributed by atoms with E-state index in [1.807, 2.05) is 39.0 Å². The molecule has 2 aromatic carbocycles. The van der Waals surface area contributed by atoms with E-state index in [1.54, 1.807) is 26.2 Å². The summed E-state index contributed by atoms with van der Waals surface area (Å²) in [6.45, 7) is 11.5. The number of carbonyl (C=O) groups excluding carboxylic acids is 1. The van der Waals surface area contributed by atoms with Crippen LogP contribution in [0, 0.1) is 13.8 Å². The van der Waals surface area contributed by atoms with E-state index < -0.39 is 22.0 Å². The van der Waals surface area contributed by atoms with Gasteiger partial charge in [0.1, 0.15) is 17.5 Å². The van der Waals surface area contributed by atoms with E-state index >= 15 is 0 Å². The Morgan fingerprint density at radius 2 is 1.55 bits per heavy atom. The van der Waals surface area contributed by atoms with Gasteiger partial charge in [-0.15, -0.1) is 0 Å². The van der Waals surface area contributed by atoms with Crippen molar-refractivity contribution in [2.24, 2.45) is 0 Å². The molecule has 0 heterocycles. The maximum Gasteiger partial charge on any atom is 0.244 e. The summed E-state index contributed by atoms with van der Waals surface area (Å²) in [5.41, 5.74) is 4.18. The summed E-state index contributed by atoms with van der Waals surface area (Å²) >= 11 is 0. The minimum Gasteiger partial charge on any atom is -0.496 e. The molecular formula is C25H36N2O5S. The van der Waals surface area contributed by atoms with E-state index in [1.165, 1.54) is 7.11 Å². The largest absolute Gasteiger partial charge is 0.496 e. The fourth-order valence-corrected chi connectivity index (χ4v) is 5.15. The SMILES string of the molecule is COc1cc(C)c(C(C)NC(=O)C(C)N(c2cc(C)ccc2OC)S(C)(=O)=O)cc1C(C)C. The van der Waals surface area contributed by atoms with Crippen LogP contribution in [0.4, 0.5) is 5.69 Å². The third-order valence-electron chi connectivity index (χ3n) is 5.73. The number of ether oxygens (including phenoxy) is 2. The summed E-state index contributed by atoms with van der Waals surface area (Å²) < 4.78 is 37.5. The van der Waals surface area contributed by atoms with Crippen molar-refractivity contribution in [3.63, 3.8) is 0 Å². The van der Waals surface area contributed by atoms with Crippen LogP contribution in [0.15, 0.2) is 30.3 Å². The number of hydrogen-bond acceptors (Lipinski definition) is 5. The first-order valence-electron chi connectivity index (χ1n) is 10.9. The molecule has 1 amide bonds. The quantitative estimate of drug-likeness (QED) is 0.577. The Balaban J connectivity index is 2.41. The lowest BCUT2D eigenvalue weighted by Crippen LogP contribution is -2.48. The molecule has 0 fully saturated rings. The lowest BCUT2D eigenvalue weighted by Gasteiger charge is -2.31. The van der Waals surface area contributed by atoms with Gasteiger partial charge in [-0.25, -0.2) is 8.42 Å². The van der Waals surface area contributed by atoms with Crippen LogP contribution in [0.5, 0.6) is 11.5 Å². The van der Waals surface area contributed by atoms with Gasteiger partial charge < -0.3 is 14.8 Å². The molecule has 0 bridgehead atoms. The van der Waals surface area contributed by atoms with Crippen molar-refractivity contribution in [1.29, 1.82) is 0 Å². The van der Waals surface area contributed by atoms with Crippen molar-refractivity contribution >= 4 is 21.6 Å². The van der Waals surface area contributed by atoms with Crippen LogP contribution in [0.1, 0.15) is 61.9 Å². The fourth-order valence-electron chi connectivity index (χ4n) is 3.98. The van der Waals surface area contributed by atoms with E-state index in [0.717, 1.165) is 38.6 Å². The first-order valence-corrected chi connectivity index (χ1v) is 12.8. The molecular weight excluding hydrogens is 440 g/mol. The molecule has 182 valence electrons. The third kappa shape index (κ3) is 5.99. The summed E-state index contributed by atoms with van der Waals surface area (Å²) in [5.74, 6) is 1.03. The van der Waals surface area contributed by atoms with Crippen LogP contribution in [0.2, 0.25) is 0 Å². The van der Waals surface area contributed by atoms with Gasteiger partial charge in [-0.2, -0.15) is 0 Å². The van der Waals surface area contributed by atoms with Gasteiger partial charge in [0.2, 0.25) is 15.9 Å². The Bertz CT molecular complexity index is 1110. The molecule has 0 aliphatic carbocycles. The van der Waals surface area contributed by atoms with Gasteiger partial charge >= 0.3 is 0 Å². The number of amides is 1. The van der Waals surface area contributed by atoms with Crippen molar-refractivity contribution < 1.29 is 22.7 Å². The van der Waals surface area contributed by atoms with E-state index in [2.05, 4.69) is 19.2 Å². The molecule has 2 aromatic rings. The fraction of sp³-hybridized carbons (Fsp3) is 0.480. The maximum atomic E-state index is 13.2. The summed E-state index contributed by atoms with van der Waals surface area (Å²) in [5, 5.41) is 2.99. The number of anilines is 1. The molecule has 0 aromatic heterocycles. The van der Waals surface area contributed by atoms with Gasteiger partial charge in [0.15, 0.2) is 0 Å². The predicted octanol–water partition coefficient (Wildman–Crippen LogP) is 4.48. The molecule has 0 saturated heterocycles. The molecule has 1 N–H and O–H groups in total. The van der Waals surface area contributed by atoms with Crippen LogP contribution in [-0.4, -0.2) is 40.8 Å². The Morgan fingerprint density at radius 1 is 0.939 bits per heavy atom. The monoisotopic (exact) mass is 476 g/mol. The van der Waals surface area contributed by atoms with Gasteiger partial charge in [0.25, 0.3) is 0 Å². The predicted molar refractivity (Wildman–Crippen MR) is 133 cm³/mol. The highest BCUT2D eigenvalue weighted by molar-refractivity contribution is 7.92. The van der Waals surface area contributed by atoms with E-state index in [9.17, 15) is 13.2 Å². The van der Waals surface area contributed by atoms with Crippen LogP contribution in [0.3, 0.4) is 0 Å². The lowest BCUT2D eigenvalue weighted by atomic mass is 9.93. The average molecular weight is 477 g/mol. The minimum atomic E-state index is -3.77. The Morgan fingerprint density at radius 3 is 2.06 bits per heavy atom. The Labute approximate surface area is 198 Å². The first kappa shape index (κ1) is 26.5. The Hall–Kier alpha value is -2.74. The maximum absolute atomic E-state index is 13.2. The van der Waals surface area contributed by atoms with E-state index in [4.69, 9.17) is 9.47 Å². The highest BCUT2D eigenvalue weighted by Crippen LogP contribution is 2.34. The zero-order valence-corrected chi connectivity index (χ0v) is 21.8. The van der Waals surface area contributed by atoms with Crippen molar-refractivity contribution in [3.8, 4) is 11.5 Å². The number of sulfonamides is 1. The average Bonchev–Trinajstić information content (AvgIpc) is 2.72. The van der Waals surface area contributed by atoms with Gasteiger partial charge in [0.05, 0.1) is 32.2 Å². The smallest absolute Gasteiger partial charge is 0.244 e. The molecule has 7 nitrogen and oxygen atoms in total. The van der Waals surface area contributed by atoms with Crippen molar-refractivity contribution in [3.05, 3.63) is 52.6 Å². The number of rotatable bonds is 9. The first-order chi connectivity index (χ1) is 15.3. The number of nitrogens with zero attached hydrogens (tertiary/aromatic N) is 1. The molecule has 0 aliphatic heterocycles. The molecule has 2 atom stereocenters. The zero-order chi connectivity index (χ0) is 25.1. The number of aryl methyl sites for hydroxylation is 2. The molecule has 2 rings (SSSR count). The number of carbonyl (C=O) groups is 1. The van der Waals surface area contributed by atoms with Crippen molar-refractivity contribution in [2.45, 2.75) is 59.5 Å². The van der Waals surface area contributed by atoms with Crippen LogP contribution < -0.4 is 19.1 Å². The van der Waals surface area contributed by atoms with Gasteiger partial charge in [-0.3, -0.25) is 9.10 Å². The topological polar surface area (TPSA) is 84.9 Å². The molecule has 8 heteroatoms. The second kappa shape index (κ2) is 10.5. The summed E-state index contributed by atoms with van der Waals surface area (Å²) in [6.07, 6.45) is 1.09. The highest BCUT2D eigenvalue weighted by Gasteiger charge is 2.32. The highest BCUT2D eigenvalue weighted by atomic mass is 32.2. The van der Waals surface area contributed by atoms with Crippen molar-refractivity contribution in [1.82, 2.24) is 5.32 Å². The second-order valence-electron chi connectivity index (χ2n) is 8.75. The van der Waals surface area contributed by atoms with E-state index in [-0.39, 0.29) is 12.0 Å². The van der Waals surface area contributed by atoms with E-state index in [0.29, 0.717) is 11.4 Å². The number of nitrogens with one attached hydrogen (secondary N) is 1. The van der Waals surface area contributed by atoms with Gasteiger partial charge in [-0.05, 0) is 80.1 Å². The zero-order valence-electron chi connectivity index (χ0n) is 21.0. The molecule has 0 saturated carbocycles. The molecule has 33 heavy (non-hydrogen) atoms. The second-order valence-corrected chi connectivity index (χ2v) is 10.6. The number of benzene rings is 2. The Kier molecular flexibility index (Phi) is 8.41. The van der Waals surface area contributed by atoms with Crippen molar-refractivity contribution in [2.75, 3.05) is 24.8 Å². The standard InChI is InChI=1S/C25H36N2O5S/c1-15(2)20-14-21(17(4)13-24(20)32-8)18(5)26-25(28)19(6)27(33(9,29)30)22-12-16(3)10-11-23(22)31-7/h10-15,18-19H,1-9H3,(H,26,28). The normalized spacial score (nSPS) is 13.4. The third-order valence-corrected chi connectivity index (χ3v) is 6.95. The summed E-state index contributed by atoms with van der Waals surface area (Å²) in [4.78, 5) is 13.2. The number of hydrogen-bond donors (Lipinski definition) is 1. The molecule has 0 radical (unpaired) electrons. The summed E-state index contributed by atoms with van der Waals surface area (Å²) in [6, 6.07) is 7.93. The van der Waals surface area contributed by atoms with Crippen LogP contribution in [0.25, 0.3) is 0 Å². The number of methoxy groups -OCH3 is 2. The summed E-state index contributed by atoms with van der Waals surface area (Å²) in [7, 11) is -0.653. The van der Waals surface area contributed by atoms with Gasteiger partial charge in [0, 0.05) is 0 Å². The molecule has 0 spiro atoms. The molecule has 0 aliphatic rings. The molecule has 2 unspecified atom stereocenters. The van der Waals surface area contributed by atoms with Crippen LogP contribution >= 0.6 is 0 Å². The van der Waals surface area contributed by atoms with Crippen LogP contribution in [-0.2, 0) is 14.8 Å². The minimum absolute atomic E-state index is 0.246. The lowest BCUT2D eigenvalue weighted by molar-refractivity contribution is -0.122.